The van der Waals surface area contributed by atoms with Crippen LogP contribution in [0.5, 0.6) is 0 Å². The maximum Gasteiger partial charge on any atom is 0.151 e. The molecule has 5 unspecified atom stereocenters. The average Bonchev–Trinajstić information content (AvgIpc) is 2.79. The highest BCUT2D eigenvalue weighted by atomic mass is 32.2. The van der Waals surface area contributed by atoms with Crippen LogP contribution in [0, 0.1) is 11.8 Å². The zero-order chi connectivity index (χ0) is 12.6. The highest BCUT2D eigenvalue weighted by Crippen LogP contribution is 2.33. The topological polar surface area (TPSA) is 46.2 Å². The van der Waals surface area contributed by atoms with Crippen molar-refractivity contribution in [3.8, 4) is 0 Å². The van der Waals surface area contributed by atoms with Gasteiger partial charge in [0.1, 0.15) is 0 Å². The molecule has 0 spiro atoms. The molecule has 5 atom stereocenters. The van der Waals surface area contributed by atoms with E-state index in [0.29, 0.717) is 12.0 Å². The fraction of sp³-hybridized carbons (Fsp3) is 1.00. The van der Waals surface area contributed by atoms with Gasteiger partial charge in [-0.25, -0.2) is 8.42 Å². The van der Waals surface area contributed by atoms with E-state index < -0.39 is 9.84 Å². The van der Waals surface area contributed by atoms with Gasteiger partial charge in [0.15, 0.2) is 9.84 Å². The van der Waals surface area contributed by atoms with E-state index in [0.717, 1.165) is 25.2 Å². The van der Waals surface area contributed by atoms with Gasteiger partial charge >= 0.3 is 0 Å². The third-order valence-corrected chi connectivity index (χ3v) is 6.56. The summed E-state index contributed by atoms with van der Waals surface area (Å²) >= 11 is 0. The molecule has 100 valence electrons. The first kappa shape index (κ1) is 13.3. The Hall–Kier alpha value is -0.0900. The zero-order valence-corrected chi connectivity index (χ0v) is 12.0. The third-order valence-electron chi connectivity index (χ3n) is 4.90. The van der Waals surface area contributed by atoms with Crippen LogP contribution in [0.2, 0.25) is 0 Å². The molecule has 4 heteroatoms. The number of hydrogen-bond acceptors (Lipinski definition) is 3. The van der Waals surface area contributed by atoms with Gasteiger partial charge in [-0.2, -0.15) is 0 Å². The predicted molar refractivity (Wildman–Crippen MR) is 70.8 cm³/mol. The van der Waals surface area contributed by atoms with Crippen LogP contribution in [0.4, 0.5) is 0 Å². The van der Waals surface area contributed by atoms with Crippen LogP contribution in [0.3, 0.4) is 0 Å². The minimum Gasteiger partial charge on any atom is -0.310 e. The van der Waals surface area contributed by atoms with E-state index in [1.54, 1.807) is 0 Å². The lowest BCUT2D eigenvalue weighted by molar-refractivity contribution is 0.338. The molecule has 3 nitrogen and oxygen atoms in total. The Labute approximate surface area is 105 Å². The Balaban J connectivity index is 1.99. The zero-order valence-electron chi connectivity index (χ0n) is 11.1. The lowest BCUT2D eigenvalue weighted by Crippen LogP contribution is -2.46. The van der Waals surface area contributed by atoms with Crippen LogP contribution in [0.15, 0.2) is 0 Å². The van der Waals surface area contributed by atoms with E-state index in [2.05, 4.69) is 19.2 Å². The molecule has 0 radical (unpaired) electrons. The van der Waals surface area contributed by atoms with Crippen LogP contribution in [0.25, 0.3) is 0 Å². The molecule has 0 aliphatic heterocycles. The minimum atomic E-state index is -2.89. The Kier molecular flexibility index (Phi) is 3.83. The van der Waals surface area contributed by atoms with Gasteiger partial charge in [-0.3, -0.25) is 0 Å². The van der Waals surface area contributed by atoms with Gasteiger partial charge in [-0.1, -0.05) is 20.3 Å². The third kappa shape index (κ3) is 2.84. The van der Waals surface area contributed by atoms with Crippen molar-refractivity contribution in [3.05, 3.63) is 0 Å². The van der Waals surface area contributed by atoms with Gasteiger partial charge in [0.2, 0.25) is 0 Å². The summed E-state index contributed by atoms with van der Waals surface area (Å²) in [5, 5.41) is 3.49. The van der Waals surface area contributed by atoms with Crippen molar-refractivity contribution in [2.24, 2.45) is 11.8 Å². The molecular formula is C13H25NO2S. The molecule has 0 aromatic rings. The first-order chi connectivity index (χ1) is 7.89. The fourth-order valence-corrected chi connectivity index (χ4v) is 4.91. The Morgan fingerprint density at radius 2 is 1.71 bits per heavy atom. The summed E-state index contributed by atoms with van der Waals surface area (Å²) in [6, 6.07) is 0.722. The monoisotopic (exact) mass is 259 g/mol. The van der Waals surface area contributed by atoms with Crippen LogP contribution in [-0.2, 0) is 9.84 Å². The quantitative estimate of drug-likeness (QED) is 0.843. The van der Waals surface area contributed by atoms with Crippen molar-refractivity contribution in [1.29, 1.82) is 0 Å². The van der Waals surface area contributed by atoms with E-state index >= 15 is 0 Å². The van der Waals surface area contributed by atoms with Gasteiger partial charge in [0.05, 0.1) is 5.25 Å². The van der Waals surface area contributed by atoms with E-state index in [1.807, 2.05) is 0 Å². The number of sulfone groups is 1. The standard InChI is InChI=1S/C13H25NO2S/c1-9-7-8-11(10(9)2)14-12-5-4-6-13(12)17(3,15)16/h9-14H,4-8H2,1-3H3. The molecule has 0 heterocycles. The van der Waals surface area contributed by atoms with E-state index in [9.17, 15) is 8.42 Å². The molecule has 17 heavy (non-hydrogen) atoms. The van der Waals surface area contributed by atoms with E-state index in [4.69, 9.17) is 0 Å². The minimum absolute atomic E-state index is 0.148. The van der Waals surface area contributed by atoms with Gasteiger partial charge in [0, 0.05) is 18.3 Å². The summed E-state index contributed by atoms with van der Waals surface area (Å²) in [6.45, 7) is 4.59. The highest BCUT2D eigenvalue weighted by Gasteiger charge is 2.38. The lowest BCUT2D eigenvalue weighted by Gasteiger charge is -2.27. The second-order valence-corrected chi connectivity index (χ2v) is 8.36. The normalized spacial score (nSPS) is 43.1. The molecule has 2 fully saturated rings. The summed E-state index contributed by atoms with van der Waals surface area (Å²) in [6.07, 6.45) is 6.78. The predicted octanol–water partition coefficient (Wildman–Crippen LogP) is 1.98. The molecule has 0 aromatic heterocycles. The SMILES string of the molecule is CC1CCC(NC2CCCC2S(C)(=O)=O)C1C. The fourth-order valence-electron chi connectivity index (χ4n) is 3.50. The first-order valence-corrected chi connectivity index (χ1v) is 8.80. The molecule has 2 saturated carbocycles. The largest absolute Gasteiger partial charge is 0.310 e. The highest BCUT2D eigenvalue weighted by molar-refractivity contribution is 7.91. The molecule has 0 aromatic carbocycles. The first-order valence-electron chi connectivity index (χ1n) is 6.84. The maximum absolute atomic E-state index is 11.7. The number of nitrogens with one attached hydrogen (secondary N) is 1. The van der Waals surface area contributed by atoms with Crippen molar-refractivity contribution in [1.82, 2.24) is 5.32 Å². The number of rotatable bonds is 3. The summed E-state index contributed by atoms with van der Waals surface area (Å²) < 4.78 is 23.4. The molecule has 0 amide bonds. The van der Waals surface area contributed by atoms with Crippen LogP contribution in [-0.4, -0.2) is 32.0 Å². The Bertz CT molecular complexity index is 366. The van der Waals surface area contributed by atoms with Crippen molar-refractivity contribution in [2.75, 3.05) is 6.26 Å². The van der Waals surface area contributed by atoms with Gasteiger partial charge in [-0.15, -0.1) is 0 Å². The van der Waals surface area contributed by atoms with Gasteiger partial charge < -0.3 is 5.32 Å². The van der Waals surface area contributed by atoms with Gasteiger partial charge in [-0.05, 0) is 37.5 Å². The molecule has 2 aliphatic carbocycles. The average molecular weight is 259 g/mol. The van der Waals surface area contributed by atoms with Crippen molar-refractivity contribution < 1.29 is 8.42 Å². The van der Waals surface area contributed by atoms with Crippen LogP contribution in [0.1, 0.15) is 46.0 Å². The van der Waals surface area contributed by atoms with Crippen LogP contribution >= 0.6 is 0 Å². The molecule has 1 N–H and O–H groups in total. The molecule has 0 saturated heterocycles. The van der Waals surface area contributed by atoms with E-state index in [-0.39, 0.29) is 11.3 Å². The Morgan fingerprint density at radius 3 is 2.24 bits per heavy atom. The van der Waals surface area contributed by atoms with Crippen molar-refractivity contribution >= 4 is 9.84 Å². The molecule has 2 rings (SSSR count). The maximum atomic E-state index is 11.7. The second-order valence-electron chi connectivity index (χ2n) is 6.09. The van der Waals surface area contributed by atoms with Crippen molar-refractivity contribution in [3.63, 3.8) is 0 Å². The van der Waals surface area contributed by atoms with Crippen molar-refractivity contribution in [2.45, 2.75) is 63.3 Å². The lowest BCUT2D eigenvalue weighted by atomic mass is 9.97. The summed E-state index contributed by atoms with van der Waals surface area (Å²) in [7, 11) is -2.89. The Morgan fingerprint density at radius 1 is 1.00 bits per heavy atom. The molecule has 2 aliphatic rings. The summed E-state index contributed by atoms with van der Waals surface area (Å²) in [5.74, 6) is 1.45. The summed E-state index contributed by atoms with van der Waals surface area (Å²) in [5.41, 5.74) is 0. The number of hydrogen-bond donors (Lipinski definition) is 1. The summed E-state index contributed by atoms with van der Waals surface area (Å²) in [4.78, 5) is 0. The molecular weight excluding hydrogens is 234 g/mol. The van der Waals surface area contributed by atoms with Gasteiger partial charge in [0.25, 0.3) is 0 Å². The molecule has 0 bridgehead atoms. The second kappa shape index (κ2) is 4.88. The van der Waals surface area contributed by atoms with E-state index in [1.165, 1.54) is 19.1 Å². The smallest absolute Gasteiger partial charge is 0.151 e. The van der Waals surface area contributed by atoms with Crippen LogP contribution < -0.4 is 5.32 Å².